The van der Waals surface area contributed by atoms with Gasteiger partial charge in [-0.05, 0) is 37.5 Å². The quantitative estimate of drug-likeness (QED) is 0.714. The molecule has 0 radical (unpaired) electrons. The van der Waals surface area contributed by atoms with E-state index in [0.29, 0.717) is 0 Å². The van der Waals surface area contributed by atoms with Crippen molar-refractivity contribution in [2.45, 2.75) is 37.6 Å². The molecule has 1 aliphatic rings. The summed E-state index contributed by atoms with van der Waals surface area (Å²) in [6.07, 6.45) is 10.5. The molecule has 0 bridgehead atoms. The van der Waals surface area contributed by atoms with Crippen LogP contribution in [0.15, 0.2) is 48.0 Å². The molecule has 1 unspecified atom stereocenters. The van der Waals surface area contributed by atoms with Crippen LogP contribution in [0, 0.1) is 0 Å². The van der Waals surface area contributed by atoms with Crippen LogP contribution in [-0.2, 0) is 4.79 Å². The number of aromatic amines is 1. The number of furan rings is 1. The van der Waals surface area contributed by atoms with Crippen LogP contribution in [-0.4, -0.2) is 26.9 Å². The minimum atomic E-state index is -0.114. The molecule has 1 saturated carbocycles. The number of carbonyl (C=O) groups excluding carboxylic acids is 1. The highest BCUT2D eigenvalue weighted by Gasteiger charge is 2.28. The summed E-state index contributed by atoms with van der Waals surface area (Å²) in [5, 5.41) is 4.04. The van der Waals surface area contributed by atoms with E-state index in [1.807, 2.05) is 18.3 Å². The van der Waals surface area contributed by atoms with E-state index in [1.54, 1.807) is 12.6 Å². The van der Waals surface area contributed by atoms with Crippen LogP contribution in [0.4, 0.5) is 0 Å². The van der Waals surface area contributed by atoms with E-state index in [1.165, 1.54) is 6.08 Å². The van der Waals surface area contributed by atoms with Crippen LogP contribution >= 0.6 is 0 Å². The van der Waals surface area contributed by atoms with Gasteiger partial charge in [0.25, 0.3) is 0 Å². The molecule has 0 spiro atoms. The molecule has 4 rings (SSSR count). The lowest BCUT2D eigenvalue weighted by molar-refractivity contribution is -0.117. The molecular weight excluding hydrogens is 316 g/mol. The van der Waals surface area contributed by atoms with Crippen LogP contribution in [0.25, 0.3) is 22.4 Å². The zero-order valence-corrected chi connectivity index (χ0v) is 13.9. The number of carbonyl (C=O) groups is 1. The van der Waals surface area contributed by atoms with Gasteiger partial charge in [-0.1, -0.05) is 13.0 Å². The molecule has 3 aromatic heterocycles. The maximum Gasteiger partial charge on any atom is 0.243 e. The van der Waals surface area contributed by atoms with Gasteiger partial charge in [0.1, 0.15) is 17.7 Å². The largest absolute Gasteiger partial charge is 0.464 e. The van der Waals surface area contributed by atoms with Crippen molar-refractivity contribution in [3.8, 4) is 11.3 Å². The zero-order valence-electron chi connectivity index (χ0n) is 13.9. The summed E-state index contributed by atoms with van der Waals surface area (Å²) in [6, 6.07) is 3.96. The van der Waals surface area contributed by atoms with E-state index < -0.39 is 0 Å². The molecule has 0 aliphatic heterocycles. The molecule has 25 heavy (non-hydrogen) atoms. The predicted molar refractivity (Wildman–Crippen MR) is 94.9 cm³/mol. The van der Waals surface area contributed by atoms with Crippen molar-refractivity contribution in [3.05, 3.63) is 49.3 Å². The van der Waals surface area contributed by atoms with Crippen molar-refractivity contribution in [1.82, 2.24) is 20.3 Å². The lowest BCUT2D eigenvalue weighted by Gasteiger charge is -2.29. The van der Waals surface area contributed by atoms with Crippen LogP contribution in [0.3, 0.4) is 0 Å². The highest BCUT2D eigenvalue weighted by atomic mass is 16.3. The molecule has 0 aromatic carbocycles. The zero-order chi connectivity index (χ0) is 17.2. The molecular formula is C19H20N4O2. The van der Waals surface area contributed by atoms with E-state index in [-0.39, 0.29) is 17.9 Å². The Labute approximate surface area is 145 Å². The smallest absolute Gasteiger partial charge is 0.243 e. The fourth-order valence-electron chi connectivity index (χ4n) is 3.75. The first kappa shape index (κ1) is 15.6. The van der Waals surface area contributed by atoms with Gasteiger partial charge in [-0.15, -0.1) is 0 Å². The summed E-state index contributed by atoms with van der Waals surface area (Å²) in [4.78, 5) is 23.8. The first-order chi connectivity index (χ1) is 12.3. The second-order valence-corrected chi connectivity index (χ2v) is 6.44. The fraction of sp³-hybridized carbons (Fsp3) is 0.316. The third-order valence-corrected chi connectivity index (χ3v) is 4.88. The van der Waals surface area contributed by atoms with Gasteiger partial charge in [0, 0.05) is 23.7 Å². The number of hydrogen-bond donors (Lipinski definition) is 2. The number of H-pyrrole nitrogens is 1. The van der Waals surface area contributed by atoms with E-state index in [4.69, 9.17) is 4.42 Å². The molecule has 2 atom stereocenters. The molecule has 1 fully saturated rings. The summed E-state index contributed by atoms with van der Waals surface area (Å²) in [7, 11) is 0. The molecule has 128 valence electrons. The number of aromatic nitrogens is 3. The Kier molecular flexibility index (Phi) is 4.09. The predicted octanol–water partition coefficient (Wildman–Crippen LogP) is 3.55. The van der Waals surface area contributed by atoms with Gasteiger partial charge in [-0.25, -0.2) is 9.97 Å². The first-order valence-electron chi connectivity index (χ1n) is 8.55. The van der Waals surface area contributed by atoms with Gasteiger partial charge in [0.05, 0.1) is 17.3 Å². The second kappa shape index (κ2) is 6.55. The SMILES string of the molecule is C=CC(=O)N[C@H]1CCCC(c2ncnc3[nH]cc(-c4ccco4)c23)C1. The average Bonchev–Trinajstić information content (AvgIpc) is 3.30. The topological polar surface area (TPSA) is 83.8 Å². The Morgan fingerprint density at radius 1 is 1.40 bits per heavy atom. The van der Waals surface area contributed by atoms with E-state index in [0.717, 1.165) is 53.7 Å². The Balaban J connectivity index is 1.70. The summed E-state index contributed by atoms with van der Waals surface area (Å²) in [6.45, 7) is 3.53. The molecule has 2 N–H and O–H groups in total. The van der Waals surface area contributed by atoms with E-state index in [2.05, 4.69) is 26.8 Å². The van der Waals surface area contributed by atoms with Gasteiger partial charge < -0.3 is 14.7 Å². The standard InChI is InChI=1S/C19H20N4O2/c1-2-16(24)23-13-6-3-5-12(9-13)18-17-14(15-7-4-8-25-15)10-20-19(17)22-11-21-18/h2,4,7-8,10-13H,1,3,5-6,9H2,(H,23,24)(H,20,21,22)/t12?,13-/m0/s1. The number of amides is 1. The van der Waals surface area contributed by atoms with Gasteiger partial charge in [-0.3, -0.25) is 4.79 Å². The van der Waals surface area contributed by atoms with Crippen molar-refractivity contribution in [3.63, 3.8) is 0 Å². The van der Waals surface area contributed by atoms with Crippen molar-refractivity contribution >= 4 is 16.9 Å². The van der Waals surface area contributed by atoms with Crippen LogP contribution in [0.1, 0.15) is 37.3 Å². The van der Waals surface area contributed by atoms with Gasteiger partial charge in [0.2, 0.25) is 5.91 Å². The molecule has 1 aliphatic carbocycles. The number of fused-ring (bicyclic) bond motifs is 1. The van der Waals surface area contributed by atoms with Gasteiger partial charge in [0.15, 0.2) is 0 Å². The fourth-order valence-corrected chi connectivity index (χ4v) is 3.75. The summed E-state index contributed by atoms with van der Waals surface area (Å²) in [5.41, 5.74) is 2.82. The van der Waals surface area contributed by atoms with Crippen molar-refractivity contribution in [2.75, 3.05) is 0 Å². The van der Waals surface area contributed by atoms with Crippen molar-refractivity contribution in [1.29, 1.82) is 0 Å². The summed E-state index contributed by atoms with van der Waals surface area (Å²) in [5.74, 6) is 0.963. The van der Waals surface area contributed by atoms with Gasteiger partial charge >= 0.3 is 0 Å². The maximum absolute atomic E-state index is 11.6. The second-order valence-electron chi connectivity index (χ2n) is 6.44. The van der Waals surface area contributed by atoms with Crippen LogP contribution < -0.4 is 5.32 Å². The molecule has 3 aromatic rings. The molecule has 0 saturated heterocycles. The van der Waals surface area contributed by atoms with Gasteiger partial charge in [-0.2, -0.15) is 0 Å². The monoisotopic (exact) mass is 336 g/mol. The molecule has 6 nitrogen and oxygen atoms in total. The Morgan fingerprint density at radius 2 is 2.32 bits per heavy atom. The summed E-state index contributed by atoms with van der Waals surface area (Å²) < 4.78 is 5.57. The number of hydrogen-bond acceptors (Lipinski definition) is 4. The molecule has 1 amide bonds. The highest BCUT2D eigenvalue weighted by Crippen LogP contribution is 2.38. The summed E-state index contributed by atoms with van der Waals surface area (Å²) >= 11 is 0. The Morgan fingerprint density at radius 3 is 3.12 bits per heavy atom. The first-order valence-corrected chi connectivity index (χ1v) is 8.55. The normalized spacial score (nSPS) is 20.5. The number of nitrogens with zero attached hydrogens (tertiary/aromatic N) is 2. The third kappa shape index (κ3) is 2.95. The highest BCUT2D eigenvalue weighted by molar-refractivity contribution is 5.94. The van der Waals surface area contributed by atoms with E-state index >= 15 is 0 Å². The Hall–Kier alpha value is -2.89. The maximum atomic E-state index is 11.6. The van der Waals surface area contributed by atoms with Crippen LogP contribution in [0.5, 0.6) is 0 Å². The minimum Gasteiger partial charge on any atom is -0.464 e. The molecule has 6 heteroatoms. The lowest BCUT2D eigenvalue weighted by Crippen LogP contribution is -2.37. The number of rotatable bonds is 4. The average molecular weight is 336 g/mol. The Bertz CT molecular complexity index is 897. The minimum absolute atomic E-state index is 0.114. The van der Waals surface area contributed by atoms with Crippen molar-refractivity contribution < 1.29 is 9.21 Å². The number of nitrogens with one attached hydrogen (secondary N) is 2. The van der Waals surface area contributed by atoms with E-state index in [9.17, 15) is 4.79 Å². The van der Waals surface area contributed by atoms with Crippen molar-refractivity contribution in [2.24, 2.45) is 0 Å². The lowest BCUT2D eigenvalue weighted by atomic mass is 9.82. The molecule has 3 heterocycles. The third-order valence-electron chi connectivity index (χ3n) is 4.88. The van der Waals surface area contributed by atoms with Crippen LogP contribution in [0.2, 0.25) is 0 Å².